The minimum atomic E-state index is -3.56. The highest BCUT2D eigenvalue weighted by Crippen LogP contribution is 2.09. The van der Waals surface area contributed by atoms with Gasteiger partial charge in [-0.2, -0.15) is 0 Å². The molecule has 0 saturated carbocycles. The van der Waals surface area contributed by atoms with Gasteiger partial charge in [0, 0.05) is 12.0 Å². The minimum absolute atomic E-state index is 0.116. The lowest BCUT2D eigenvalue weighted by Crippen LogP contribution is -2.21. The monoisotopic (exact) mass is 380 g/mol. The zero-order valence-corrected chi connectivity index (χ0v) is 15.3. The van der Waals surface area contributed by atoms with Gasteiger partial charge < -0.3 is 0 Å². The first-order valence-electron chi connectivity index (χ1n) is 7.51. The van der Waals surface area contributed by atoms with Gasteiger partial charge in [0.05, 0.1) is 5.75 Å². The lowest BCUT2D eigenvalue weighted by atomic mass is 10.1. The van der Waals surface area contributed by atoms with E-state index < -0.39 is 20.0 Å². The Morgan fingerprint density at radius 2 is 1.48 bits per heavy atom. The number of benzene rings is 2. The highest BCUT2D eigenvalue weighted by Gasteiger charge is 2.09. The molecule has 25 heavy (non-hydrogen) atoms. The van der Waals surface area contributed by atoms with Crippen LogP contribution in [0.1, 0.15) is 16.7 Å². The predicted octanol–water partition coefficient (Wildman–Crippen LogP) is 1.83. The van der Waals surface area contributed by atoms with Crippen LogP contribution in [0.5, 0.6) is 0 Å². The molecule has 0 saturated heterocycles. The van der Waals surface area contributed by atoms with Gasteiger partial charge in [0.15, 0.2) is 0 Å². The molecule has 2 N–H and O–H groups in total. The Hall–Kier alpha value is -2.00. The van der Waals surface area contributed by atoms with Crippen molar-refractivity contribution in [2.24, 2.45) is 0 Å². The summed E-state index contributed by atoms with van der Waals surface area (Å²) in [6, 6.07) is 15.9. The summed E-state index contributed by atoms with van der Waals surface area (Å²) in [5.41, 5.74) is 2.16. The quantitative estimate of drug-likeness (QED) is 0.731. The Bertz CT molecular complexity index is 920. The summed E-state index contributed by atoms with van der Waals surface area (Å²) in [7, 11) is -5.52. The van der Waals surface area contributed by atoms with Crippen molar-refractivity contribution in [1.82, 2.24) is 9.44 Å². The number of rotatable bonds is 8. The molecule has 0 spiro atoms. The maximum absolute atomic E-state index is 12.0. The first-order valence-corrected chi connectivity index (χ1v) is 10.7. The van der Waals surface area contributed by atoms with Gasteiger partial charge in [0.2, 0.25) is 20.0 Å². The molecule has 8 heteroatoms. The van der Waals surface area contributed by atoms with E-state index in [4.69, 9.17) is 0 Å². The van der Waals surface area contributed by atoms with Crippen molar-refractivity contribution in [3.63, 3.8) is 0 Å². The lowest BCUT2D eigenvalue weighted by Gasteiger charge is -2.06. The van der Waals surface area contributed by atoms with Crippen LogP contribution in [0.3, 0.4) is 0 Å². The van der Waals surface area contributed by atoms with Gasteiger partial charge in [-0.15, -0.1) is 0 Å². The van der Waals surface area contributed by atoms with E-state index in [0.717, 1.165) is 16.5 Å². The largest absolute Gasteiger partial charge is 0.234 e. The van der Waals surface area contributed by atoms with Gasteiger partial charge in [-0.1, -0.05) is 54.6 Å². The topological polar surface area (TPSA) is 92.3 Å². The Morgan fingerprint density at radius 1 is 0.880 bits per heavy atom. The molecule has 0 bridgehead atoms. The van der Waals surface area contributed by atoms with Crippen LogP contribution in [0.15, 0.2) is 60.0 Å². The third-order valence-electron chi connectivity index (χ3n) is 3.41. The fraction of sp³-hybridized carbons (Fsp3) is 0.176. The molecule has 2 aromatic carbocycles. The summed E-state index contributed by atoms with van der Waals surface area (Å²) in [5.74, 6) is -0.116. The third-order valence-corrected chi connectivity index (χ3v) is 5.78. The molecule has 0 fully saturated rings. The van der Waals surface area contributed by atoms with Crippen LogP contribution < -0.4 is 9.44 Å². The zero-order valence-electron chi connectivity index (χ0n) is 13.7. The number of hydrogen-bond donors (Lipinski definition) is 2. The normalized spacial score (nSPS) is 12.5. The minimum Gasteiger partial charge on any atom is -0.218 e. The van der Waals surface area contributed by atoms with E-state index in [2.05, 4.69) is 9.44 Å². The number of hydrogen-bond acceptors (Lipinski definition) is 4. The van der Waals surface area contributed by atoms with Crippen molar-refractivity contribution in [1.29, 1.82) is 0 Å². The highest BCUT2D eigenvalue weighted by molar-refractivity contribution is 7.92. The van der Waals surface area contributed by atoms with E-state index in [0.29, 0.717) is 5.56 Å². The lowest BCUT2D eigenvalue weighted by molar-refractivity contribution is 0.587. The molecule has 0 aliphatic rings. The van der Waals surface area contributed by atoms with Crippen LogP contribution in [-0.4, -0.2) is 23.9 Å². The molecule has 0 unspecified atom stereocenters. The van der Waals surface area contributed by atoms with Gasteiger partial charge in [-0.25, -0.2) is 26.3 Å². The Balaban J connectivity index is 1.95. The standard InChI is InChI=1S/C17H20N2O4S2/c1-18-25(22,23)14-17-9-7-16(8-10-17)13-19-24(20,21)12-11-15-5-3-2-4-6-15/h2-12,18-19H,13-14H2,1H3/b12-11+. The Labute approximate surface area is 148 Å². The maximum atomic E-state index is 12.0. The van der Waals surface area contributed by atoms with Crippen LogP contribution in [0.4, 0.5) is 0 Å². The molecule has 0 aliphatic carbocycles. The summed E-state index contributed by atoms with van der Waals surface area (Å²) in [5, 5.41) is 1.12. The van der Waals surface area contributed by atoms with Crippen LogP contribution in [0.25, 0.3) is 6.08 Å². The number of sulfonamides is 2. The number of nitrogens with one attached hydrogen (secondary N) is 2. The second-order valence-electron chi connectivity index (χ2n) is 5.36. The Morgan fingerprint density at radius 3 is 2.08 bits per heavy atom. The summed E-state index contributed by atoms with van der Waals surface area (Å²) in [4.78, 5) is 0. The van der Waals surface area contributed by atoms with Crippen molar-refractivity contribution in [2.75, 3.05) is 7.05 Å². The van der Waals surface area contributed by atoms with Gasteiger partial charge in [0.1, 0.15) is 0 Å². The molecule has 2 aromatic rings. The summed E-state index contributed by atoms with van der Waals surface area (Å²) < 4.78 is 51.7. The van der Waals surface area contributed by atoms with Crippen LogP contribution in [-0.2, 0) is 32.3 Å². The average molecular weight is 380 g/mol. The molecule has 0 atom stereocenters. The molecule has 0 heterocycles. The van der Waals surface area contributed by atoms with E-state index in [1.807, 2.05) is 30.3 Å². The van der Waals surface area contributed by atoms with Gasteiger partial charge >= 0.3 is 0 Å². The molecule has 2 rings (SSSR count). The fourth-order valence-corrected chi connectivity index (χ4v) is 3.59. The van der Waals surface area contributed by atoms with Gasteiger partial charge in [-0.05, 0) is 29.8 Å². The second-order valence-corrected chi connectivity index (χ2v) is 8.94. The molecule has 0 radical (unpaired) electrons. The van der Waals surface area contributed by atoms with Crippen molar-refractivity contribution in [3.8, 4) is 0 Å². The fourth-order valence-electron chi connectivity index (χ4n) is 2.01. The summed E-state index contributed by atoms with van der Waals surface area (Å²) in [6.07, 6.45) is 1.52. The highest BCUT2D eigenvalue weighted by atomic mass is 32.2. The maximum Gasteiger partial charge on any atom is 0.234 e. The van der Waals surface area contributed by atoms with Crippen molar-refractivity contribution in [2.45, 2.75) is 12.3 Å². The summed E-state index contributed by atoms with van der Waals surface area (Å²) >= 11 is 0. The smallest absolute Gasteiger partial charge is 0.218 e. The van der Waals surface area contributed by atoms with E-state index >= 15 is 0 Å². The molecular formula is C17H20N2O4S2. The molecule has 0 aromatic heterocycles. The van der Waals surface area contributed by atoms with E-state index in [-0.39, 0.29) is 12.3 Å². The van der Waals surface area contributed by atoms with E-state index in [1.165, 1.54) is 13.1 Å². The van der Waals surface area contributed by atoms with Crippen molar-refractivity contribution < 1.29 is 16.8 Å². The van der Waals surface area contributed by atoms with E-state index in [1.54, 1.807) is 24.3 Å². The average Bonchev–Trinajstić information content (AvgIpc) is 2.60. The van der Waals surface area contributed by atoms with E-state index in [9.17, 15) is 16.8 Å². The first kappa shape index (κ1) is 19.3. The first-order chi connectivity index (χ1) is 11.8. The van der Waals surface area contributed by atoms with Gasteiger partial charge in [-0.3, -0.25) is 0 Å². The van der Waals surface area contributed by atoms with Crippen LogP contribution in [0, 0.1) is 0 Å². The van der Waals surface area contributed by atoms with Crippen LogP contribution in [0.2, 0.25) is 0 Å². The molecule has 6 nitrogen and oxygen atoms in total. The zero-order chi connectivity index (χ0) is 18.3. The van der Waals surface area contributed by atoms with Crippen LogP contribution >= 0.6 is 0 Å². The Kier molecular flexibility index (Phi) is 6.49. The third kappa shape index (κ3) is 6.79. The SMILES string of the molecule is CNS(=O)(=O)Cc1ccc(CNS(=O)(=O)/C=C/c2ccccc2)cc1. The van der Waals surface area contributed by atoms with Crippen molar-refractivity contribution in [3.05, 3.63) is 76.7 Å². The van der Waals surface area contributed by atoms with Gasteiger partial charge in [0.25, 0.3) is 0 Å². The predicted molar refractivity (Wildman–Crippen MR) is 99.4 cm³/mol. The molecular weight excluding hydrogens is 360 g/mol. The summed E-state index contributed by atoms with van der Waals surface area (Å²) in [6.45, 7) is 0.126. The molecule has 134 valence electrons. The second kappa shape index (κ2) is 8.39. The molecule has 0 amide bonds. The van der Waals surface area contributed by atoms with Crippen molar-refractivity contribution >= 4 is 26.1 Å². The molecule has 0 aliphatic heterocycles.